The van der Waals surface area contributed by atoms with E-state index in [0.29, 0.717) is 12.0 Å². The van der Waals surface area contributed by atoms with Crippen molar-refractivity contribution in [2.45, 2.75) is 32.2 Å². The molecule has 0 aromatic heterocycles. The zero-order chi connectivity index (χ0) is 15.2. The Morgan fingerprint density at radius 1 is 1.05 bits per heavy atom. The number of halogens is 2. The van der Waals surface area contributed by atoms with Crippen LogP contribution in [0.5, 0.6) is 0 Å². The number of hydrogen-bond acceptors (Lipinski definition) is 1. The van der Waals surface area contributed by atoms with E-state index in [9.17, 15) is 4.39 Å². The largest absolute Gasteiger partial charge is 0.316 e. The summed E-state index contributed by atoms with van der Waals surface area (Å²) in [7, 11) is 1.91. The average molecular weight is 306 g/mol. The molecule has 1 unspecified atom stereocenters. The van der Waals surface area contributed by atoms with Crippen molar-refractivity contribution in [1.82, 2.24) is 5.32 Å². The van der Waals surface area contributed by atoms with Crippen LogP contribution in [0.2, 0.25) is 5.02 Å². The average Bonchev–Trinajstić information content (AvgIpc) is 2.51. The zero-order valence-electron chi connectivity index (χ0n) is 12.5. The molecule has 0 saturated heterocycles. The van der Waals surface area contributed by atoms with E-state index >= 15 is 0 Å². The van der Waals surface area contributed by atoms with Crippen LogP contribution in [0.4, 0.5) is 4.39 Å². The van der Waals surface area contributed by atoms with Gasteiger partial charge in [0.1, 0.15) is 5.82 Å². The summed E-state index contributed by atoms with van der Waals surface area (Å²) in [5.41, 5.74) is 3.25. The lowest BCUT2D eigenvalue weighted by molar-refractivity contribution is 0.532. The fraction of sp³-hybridized carbons (Fsp3) is 0.333. The molecule has 0 aliphatic carbocycles. The Hall–Kier alpha value is -1.38. The summed E-state index contributed by atoms with van der Waals surface area (Å²) in [6.07, 6.45) is 2.54. The first-order chi connectivity index (χ1) is 10.1. The first-order valence-corrected chi connectivity index (χ1v) is 7.69. The molecule has 0 heterocycles. The van der Waals surface area contributed by atoms with Gasteiger partial charge in [-0.15, -0.1) is 0 Å². The molecule has 0 saturated carbocycles. The van der Waals surface area contributed by atoms with E-state index < -0.39 is 0 Å². The summed E-state index contributed by atoms with van der Waals surface area (Å²) in [6, 6.07) is 14.0. The molecule has 0 amide bonds. The van der Waals surface area contributed by atoms with E-state index in [1.165, 1.54) is 11.1 Å². The highest BCUT2D eigenvalue weighted by molar-refractivity contribution is 6.30. The van der Waals surface area contributed by atoms with Gasteiger partial charge in [0.05, 0.1) is 5.02 Å². The van der Waals surface area contributed by atoms with Gasteiger partial charge in [-0.1, -0.05) is 54.9 Å². The number of nitrogens with one attached hydrogen (secondary N) is 1. The summed E-state index contributed by atoms with van der Waals surface area (Å²) >= 11 is 5.84. The van der Waals surface area contributed by atoms with E-state index in [2.05, 4.69) is 36.5 Å². The fourth-order valence-electron chi connectivity index (χ4n) is 2.44. The second kappa shape index (κ2) is 7.58. The first kappa shape index (κ1) is 16.0. The predicted molar refractivity (Wildman–Crippen MR) is 87.5 cm³/mol. The van der Waals surface area contributed by atoms with Gasteiger partial charge in [-0.05, 0) is 49.1 Å². The number of aryl methyl sites for hydroxylation is 1. The molecule has 0 spiro atoms. The molecule has 1 nitrogen and oxygen atoms in total. The quantitative estimate of drug-likeness (QED) is 0.833. The van der Waals surface area contributed by atoms with E-state index in [0.717, 1.165) is 12.8 Å². The molecule has 112 valence electrons. The maximum atomic E-state index is 14.0. The van der Waals surface area contributed by atoms with Gasteiger partial charge in [0.2, 0.25) is 0 Å². The molecule has 1 atom stereocenters. The molecular weight excluding hydrogens is 285 g/mol. The number of benzene rings is 2. The first-order valence-electron chi connectivity index (χ1n) is 7.32. The second-order valence-electron chi connectivity index (χ2n) is 5.28. The molecule has 21 heavy (non-hydrogen) atoms. The topological polar surface area (TPSA) is 12.0 Å². The van der Waals surface area contributed by atoms with Gasteiger partial charge in [-0.25, -0.2) is 4.39 Å². The van der Waals surface area contributed by atoms with Crippen LogP contribution in [0.15, 0.2) is 42.5 Å². The van der Waals surface area contributed by atoms with E-state index in [4.69, 9.17) is 11.6 Å². The Balaban J connectivity index is 2.07. The Morgan fingerprint density at radius 3 is 2.33 bits per heavy atom. The summed E-state index contributed by atoms with van der Waals surface area (Å²) < 4.78 is 14.0. The highest BCUT2D eigenvalue weighted by Gasteiger charge is 2.13. The lowest BCUT2D eigenvalue weighted by Gasteiger charge is -2.17. The van der Waals surface area contributed by atoms with Gasteiger partial charge in [0.15, 0.2) is 0 Å². The second-order valence-corrected chi connectivity index (χ2v) is 5.68. The molecule has 3 heteroatoms. The smallest absolute Gasteiger partial charge is 0.145 e. The summed E-state index contributed by atoms with van der Waals surface area (Å²) in [5, 5.41) is 3.45. The van der Waals surface area contributed by atoms with Crippen molar-refractivity contribution >= 4 is 11.6 Å². The minimum atomic E-state index is -0.305. The van der Waals surface area contributed by atoms with Gasteiger partial charge in [-0.2, -0.15) is 0 Å². The van der Waals surface area contributed by atoms with Crippen LogP contribution in [0, 0.1) is 5.82 Å². The SMILES string of the molecule is CCc1ccc(CC(Cc2cccc(Cl)c2F)NC)cc1. The minimum absolute atomic E-state index is 0.186. The minimum Gasteiger partial charge on any atom is -0.316 e. The Kier molecular flexibility index (Phi) is 5.77. The van der Waals surface area contributed by atoms with E-state index in [-0.39, 0.29) is 16.9 Å². The molecule has 0 aliphatic rings. The van der Waals surface area contributed by atoms with Crippen LogP contribution in [-0.2, 0) is 19.3 Å². The third kappa shape index (κ3) is 4.29. The van der Waals surface area contributed by atoms with Gasteiger partial charge >= 0.3 is 0 Å². The van der Waals surface area contributed by atoms with Crippen molar-refractivity contribution in [3.63, 3.8) is 0 Å². The molecule has 0 fully saturated rings. The molecule has 1 N–H and O–H groups in total. The van der Waals surface area contributed by atoms with Crippen molar-refractivity contribution in [3.05, 3.63) is 70.0 Å². The summed E-state index contributed by atoms with van der Waals surface area (Å²) in [4.78, 5) is 0. The third-order valence-electron chi connectivity index (χ3n) is 3.82. The number of likely N-dealkylation sites (N-methyl/N-ethyl adjacent to an activating group) is 1. The summed E-state index contributed by atoms with van der Waals surface area (Å²) in [5.74, 6) is -0.305. The molecule has 2 aromatic carbocycles. The lowest BCUT2D eigenvalue weighted by Crippen LogP contribution is -2.30. The maximum Gasteiger partial charge on any atom is 0.145 e. The zero-order valence-corrected chi connectivity index (χ0v) is 13.3. The molecule has 0 bridgehead atoms. The van der Waals surface area contributed by atoms with Gasteiger partial charge < -0.3 is 5.32 Å². The van der Waals surface area contributed by atoms with Crippen molar-refractivity contribution < 1.29 is 4.39 Å². The third-order valence-corrected chi connectivity index (χ3v) is 4.11. The van der Waals surface area contributed by atoms with Gasteiger partial charge in [0, 0.05) is 6.04 Å². The number of rotatable bonds is 6. The molecule has 2 rings (SSSR count). The Bertz CT molecular complexity index is 580. The van der Waals surface area contributed by atoms with Crippen LogP contribution in [0.25, 0.3) is 0 Å². The van der Waals surface area contributed by atoms with Crippen LogP contribution >= 0.6 is 11.6 Å². The predicted octanol–water partition coefficient (Wildman–Crippen LogP) is 4.41. The van der Waals surface area contributed by atoms with Gasteiger partial charge in [0.25, 0.3) is 0 Å². The van der Waals surface area contributed by atoms with Crippen LogP contribution in [0.3, 0.4) is 0 Å². The van der Waals surface area contributed by atoms with E-state index in [1.807, 2.05) is 7.05 Å². The highest BCUT2D eigenvalue weighted by Crippen LogP contribution is 2.20. The van der Waals surface area contributed by atoms with Gasteiger partial charge in [-0.3, -0.25) is 0 Å². The van der Waals surface area contributed by atoms with Crippen molar-refractivity contribution in [3.8, 4) is 0 Å². The lowest BCUT2D eigenvalue weighted by atomic mass is 9.98. The van der Waals surface area contributed by atoms with Crippen molar-refractivity contribution in [2.24, 2.45) is 0 Å². The van der Waals surface area contributed by atoms with Crippen molar-refractivity contribution in [2.75, 3.05) is 7.05 Å². The molecule has 0 radical (unpaired) electrons. The summed E-state index contributed by atoms with van der Waals surface area (Å²) in [6.45, 7) is 2.15. The monoisotopic (exact) mass is 305 g/mol. The Morgan fingerprint density at radius 2 is 1.71 bits per heavy atom. The highest BCUT2D eigenvalue weighted by atomic mass is 35.5. The normalized spacial score (nSPS) is 12.4. The van der Waals surface area contributed by atoms with Crippen LogP contribution in [0.1, 0.15) is 23.6 Å². The van der Waals surface area contributed by atoms with Crippen LogP contribution in [-0.4, -0.2) is 13.1 Å². The number of hydrogen-bond donors (Lipinski definition) is 1. The molecule has 0 aliphatic heterocycles. The Labute approximate surface area is 131 Å². The molecule has 2 aromatic rings. The van der Waals surface area contributed by atoms with E-state index in [1.54, 1.807) is 18.2 Å². The fourth-order valence-corrected chi connectivity index (χ4v) is 2.64. The van der Waals surface area contributed by atoms with Crippen molar-refractivity contribution in [1.29, 1.82) is 0 Å². The van der Waals surface area contributed by atoms with Crippen LogP contribution < -0.4 is 5.32 Å². The molecular formula is C18H21ClFN. The maximum absolute atomic E-state index is 14.0. The standard InChI is InChI=1S/C18H21ClFN/c1-3-13-7-9-14(10-8-13)11-16(21-2)12-15-5-4-6-17(19)18(15)20/h4-10,16,21H,3,11-12H2,1-2H3.